The minimum atomic E-state index is -0.611. The van der Waals surface area contributed by atoms with Gasteiger partial charge in [0.2, 0.25) is 5.91 Å². The maximum absolute atomic E-state index is 11.9. The van der Waals surface area contributed by atoms with Crippen LogP contribution in [0.5, 0.6) is 0 Å². The lowest BCUT2D eigenvalue weighted by molar-refractivity contribution is -0.122. The first-order chi connectivity index (χ1) is 9.16. The van der Waals surface area contributed by atoms with Gasteiger partial charge >= 0.3 is 0 Å². The first kappa shape index (κ1) is 14.1. The summed E-state index contributed by atoms with van der Waals surface area (Å²) in [5, 5.41) is 6.97. The van der Waals surface area contributed by atoms with Crippen molar-refractivity contribution in [2.75, 3.05) is 6.54 Å². The van der Waals surface area contributed by atoms with Crippen molar-refractivity contribution in [2.24, 2.45) is 18.7 Å². The lowest BCUT2D eigenvalue weighted by Gasteiger charge is -2.21. The zero-order valence-electron chi connectivity index (χ0n) is 11.6. The second kappa shape index (κ2) is 6.70. The molecule has 1 atom stereocenters. The van der Waals surface area contributed by atoms with Crippen molar-refractivity contribution in [1.82, 2.24) is 15.1 Å². The van der Waals surface area contributed by atoms with E-state index in [0.29, 0.717) is 0 Å². The van der Waals surface area contributed by atoms with Crippen molar-refractivity contribution in [3.05, 3.63) is 18.0 Å². The van der Waals surface area contributed by atoms with Crippen molar-refractivity contribution in [1.29, 1.82) is 0 Å². The van der Waals surface area contributed by atoms with Gasteiger partial charge in [0, 0.05) is 25.4 Å². The second-order valence-electron chi connectivity index (χ2n) is 5.51. The molecule has 1 heterocycles. The zero-order valence-corrected chi connectivity index (χ0v) is 11.6. The van der Waals surface area contributed by atoms with E-state index in [9.17, 15) is 4.79 Å². The molecule has 1 saturated carbocycles. The van der Waals surface area contributed by atoms with E-state index in [0.717, 1.165) is 24.4 Å². The van der Waals surface area contributed by atoms with Gasteiger partial charge in [0.05, 0.1) is 6.20 Å². The van der Waals surface area contributed by atoms with E-state index >= 15 is 0 Å². The molecule has 3 N–H and O–H groups in total. The van der Waals surface area contributed by atoms with Gasteiger partial charge < -0.3 is 11.1 Å². The highest BCUT2D eigenvalue weighted by Crippen LogP contribution is 2.25. The Bertz CT molecular complexity index is 409. The average Bonchev–Trinajstić information content (AvgIpc) is 2.85. The van der Waals surface area contributed by atoms with Crippen molar-refractivity contribution in [2.45, 2.75) is 44.6 Å². The summed E-state index contributed by atoms with van der Waals surface area (Å²) in [6.07, 6.45) is 11.2. The summed E-state index contributed by atoms with van der Waals surface area (Å²) < 4.78 is 1.66. The number of nitrogens with two attached hydrogens (primary N) is 1. The molecular weight excluding hydrogens is 240 g/mol. The molecule has 5 nitrogen and oxygen atoms in total. The third-order valence-corrected chi connectivity index (χ3v) is 3.94. The summed E-state index contributed by atoms with van der Waals surface area (Å²) in [7, 11) is 1.82. The average molecular weight is 264 g/mol. The van der Waals surface area contributed by atoms with Gasteiger partial charge in [-0.1, -0.05) is 32.1 Å². The van der Waals surface area contributed by atoms with Gasteiger partial charge in [-0.25, -0.2) is 0 Å². The predicted molar refractivity (Wildman–Crippen MR) is 74.3 cm³/mol. The van der Waals surface area contributed by atoms with E-state index in [1.165, 1.54) is 32.1 Å². The molecule has 1 aliphatic rings. The van der Waals surface area contributed by atoms with Crippen LogP contribution in [0.25, 0.3) is 0 Å². The highest BCUT2D eigenvalue weighted by Gasteiger charge is 2.18. The Morgan fingerprint density at radius 2 is 2.26 bits per heavy atom. The van der Waals surface area contributed by atoms with Gasteiger partial charge in [-0.3, -0.25) is 9.48 Å². The number of carbonyl (C=O) groups is 1. The third kappa shape index (κ3) is 4.06. The maximum atomic E-state index is 11.9. The molecule has 2 rings (SSSR count). The number of hydrogen-bond acceptors (Lipinski definition) is 3. The molecule has 106 valence electrons. The van der Waals surface area contributed by atoms with Crippen molar-refractivity contribution < 1.29 is 4.79 Å². The first-order valence-electron chi connectivity index (χ1n) is 7.18. The van der Waals surface area contributed by atoms with Crippen LogP contribution in [0.2, 0.25) is 0 Å². The SMILES string of the molecule is Cn1cc(C(N)C(=O)NCCC2CCCCC2)cn1. The Morgan fingerprint density at radius 3 is 2.89 bits per heavy atom. The Kier molecular flexibility index (Phi) is 4.96. The Morgan fingerprint density at radius 1 is 1.53 bits per heavy atom. The van der Waals surface area contributed by atoms with Gasteiger partial charge in [0.1, 0.15) is 6.04 Å². The minimum Gasteiger partial charge on any atom is -0.354 e. The molecule has 1 amide bonds. The quantitative estimate of drug-likeness (QED) is 0.846. The van der Waals surface area contributed by atoms with Crippen molar-refractivity contribution in [3.63, 3.8) is 0 Å². The van der Waals surface area contributed by atoms with E-state index in [4.69, 9.17) is 5.73 Å². The molecule has 1 unspecified atom stereocenters. The molecule has 1 fully saturated rings. The molecule has 19 heavy (non-hydrogen) atoms. The first-order valence-corrected chi connectivity index (χ1v) is 7.18. The molecule has 0 radical (unpaired) electrons. The van der Waals surface area contributed by atoms with Crippen LogP contribution in [0.1, 0.15) is 50.1 Å². The number of nitrogens with one attached hydrogen (secondary N) is 1. The normalized spacial score (nSPS) is 18.2. The molecule has 0 aliphatic heterocycles. The lowest BCUT2D eigenvalue weighted by atomic mass is 9.87. The van der Waals surface area contributed by atoms with Gasteiger partial charge in [0.25, 0.3) is 0 Å². The molecule has 0 spiro atoms. The van der Waals surface area contributed by atoms with E-state index in [-0.39, 0.29) is 5.91 Å². The molecule has 0 saturated heterocycles. The highest BCUT2D eigenvalue weighted by molar-refractivity contribution is 5.82. The van der Waals surface area contributed by atoms with E-state index in [1.807, 2.05) is 7.05 Å². The fourth-order valence-corrected chi connectivity index (χ4v) is 2.74. The van der Waals surface area contributed by atoms with Gasteiger partial charge in [0.15, 0.2) is 0 Å². The van der Waals surface area contributed by atoms with Crippen LogP contribution < -0.4 is 11.1 Å². The number of nitrogens with zero attached hydrogens (tertiary/aromatic N) is 2. The number of aryl methyl sites for hydroxylation is 1. The van der Waals surface area contributed by atoms with Crippen LogP contribution in [0.3, 0.4) is 0 Å². The highest BCUT2D eigenvalue weighted by atomic mass is 16.2. The largest absolute Gasteiger partial charge is 0.354 e. The molecule has 0 aromatic carbocycles. The smallest absolute Gasteiger partial charge is 0.241 e. The lowest BCUT2D eigenvalue weighted by Crippen LogP contribution is -2.35. The van der Waals surface area contributed by atoms with Gasteiger partial charge in [-0.15, -0.1) is 0 Å². The molecule has 5 heteroatoms. The minimum absolute atomic E-state index is 0.108. The van der Waals surface area contributed by atoms with E-state index in [2.05, 4.69) is 10.4 Å². The monoisotopic (exact) mass is 264 g/mol. The zero-order chi connectivity index (χ0) is 13.7. The van der Waals surface area contributed by atoms with Crippen molar-refractivity contribution in [3.8, 4) is 0 Å². The summed E-state index contributed by atoms with van der Waals surface area (Å²) in [6, 6.07) is -0.611. The maximum Gasteiger partial charge on any atom is 0.241 e. The molecule has 1 aromatic rings. The number of amides is 1. The summed E-state index contributed by atoms with van der Waals surface area (Å²) >= 11 is 0. The van der Waals surface area contributed by atoms with Crippen LogP contribution in [-0.4, -0.2) is 22.2 Å². The molecule has 0 bridgehead atoms. The Labute approximate surface area is 114 Å². The topological polar surface area (TPSA) is 72.9 Å². The predicted octanol–water partition coefficient (Wildman–Crippen LogP) is 1.51. The fraction of sp³-hybridized carbons (Fsp3) is 0.714. The number of aromatic nitrogens is 2. The van der Waals surface area contributed by atoms with Gasteiger partial charge in [-0.2, -0.15) is 5.10 Å². The van der Waals surface area contributed by atoms with Crippen LogP contribution in [-0.2, 0) is 11.8 Å². The Balaban J connectivity index is 1.71. The molecule has 1 aliphatic carbocycles. The third-order valence-electron chi connectivity index (χ3n) is 3.94. The Hall–Kier alpha value is -1.36. The molecule has 1 aromatic heterocycles. The van der Waals surface area contributed by atoms with Gasteiger partial charge in [-0.05, 0) is 12.3 Å². The van der Waals surface area contributed by atoms with Crippen LogP contribution >= 0.6 is 0 Å². The number of rotatable bonds is 5. The van der Waals surface area contributed by atoms with Crippen LogP contribution in [0, 0.1) is 5.92 Å². The number of hydrogen-bond donors (Lipinski definition) is 2. The van der Waals surface area contributed by atoms with Crippen LogP contribution in [0.4, 0.5) is 0 Å². The standard InChI is InChI=1S/C14H24N4O/c1-18-10-12(9-17-18)13(15)14(19)16-8-7-11-5-3-2-4-6-11/h9-11,13H,2-8,15H2,1H3,(H,16,19). The molecular formula is C14H24N4O. The van der Waals surface area contributed by atoms with E-state index < -0.39 is 6.04 Å². The van der Waals surface area contributed by atoms with Crippen molar-refractivity contribution >= 4 is 5.91 Å². The fourth-order valence-electron chi connectivity index (χ4n) is 2.74. The summed E-state index contributed by atoms with van der Waals surface area (Å²) in [6.45, 7) is 0.734. The second-order valence-corrected chi connectivity index (χ2v) is 5.51. The summed E-state index contributed by atoms with van der Waals surface area (Å²) in [5.74, 6) is 0.674. The summed E-state index contributed by atoms with van der Waals surface area (Å²) in [5.41, 5.74) is 6.67. The van der Waals surface area contributed by atoms with Crippen LogP contribution in [0.15, 0.2) is 12.4 Å². The van der Waals surface area contributed by atoms with E-state index in [1.54, 1.807) is 17.1 Å². The summed E-state index contributed by atoms with van der Waals surface area (Å²) in [4.78, 5) is 11.9. The number of carbonyl (C=O) groups excluding carboxylic acids is 1.